The van der Waals surface area contributed by atoms with Crippen molar-refractivity contribution in [3.63, 3.8) is 0 Å². The van der Waals surface area contributed by atoms with Gasteiger partial charge in [-0.2, -0.15) is 0 Å². The number of nitrogens with zero attached hydrogens (tertiary/aromatic N) is 3. The third-order valence-corrected chi connectivity index (χ3v) is 3.89. The van der Waals surface area contributed by atoms with Gasteiger partial charge in [-0.1, -0.05) is 0 Å². The first-order chi connectivity index (χ1) is 11.8. The highest BCUT2D eigenvalue weighted by molar-refractivity contribution is 14.0. The third kappa shape index (κ3) is 5.32. The zero-order valence-corrected chi connectivity index (χ0v) is 16.4. The van der Waals surface area contributed by atoms with Crippen LogP contribution >= 0.6 is 24.0 Å². The van der Waals surface area contributed by atoms with E-state index in [4.69, 9.17) is 4.42 Å². The lowest BCUT2D eigenvalue weighted by Gasteiger charge is -2.19. The van der Waals surface area contributed by atoms with Gasteiger partial charge in [0.2, 0.25) is 0 Å². The van der Waals surface area contributed by atoms with Crippen LogP contribution in [0.1, 0.15) is 19.1 Å². The number of pyridine rings is 1. The summed E-state index contributed by atoms with van der Waals surface area (Å²) in [5, 5.41) is 6.63. The highest BCUT2D eigenvalue weighted by Crippen LogP contribution is 2.20. The second kappa shape index (κ2) is 9.59. The maximum Gasteiger partial charge on any atom is 0.191 e. The molecule has 0 aromatic carbocycles. The van der Waals surface area contributed by atoms with E-state index in [1.165, 1.54) is 6.07 Å². The van der Waals surface area contributed by atoms with E-state index >= 15 is 0 Å². The van der Waals surface area contributed by atoms with Gasteiger partial charge in [0.15, 0.2) is 17.6 Å². The molecule has 0 bridgehead atoms. The number of aliphatic imine (C=N–C) groups is 1. The molecule has 0 amide bonds. The number of rotatable bonds is 5. The number of halogens is 2. The van der Waals surface area contributed by atoms with Crippen molar-refractivity contribution in [3.05, 3.63) is 48.3 Å². The van der Waals surface area contributed by atoms with Gasteiger partial charge in [0.25, 0.3) is 0 Å². The summed E-state index contributed by atoms with van der Waals surface area (Å²) in [4.78, 5) is 10.6. The monoisotopic (exact) mass is 459 g/mol. The highest BCUT2D eigenvalue weighted by Gasteiger charge is 2.25. The van der Waals surface area contributed by atoms with Crippen molar-refractivity contribution in [2.24, 2.45) is 4.99 Å². The van der Waals surface area contributed by atoms with Crippen molar-refractivity contribution in [2.45, 2.75) is 25.9 Å². The molecule has 1 aliphatic heterocycles. The third-order valence-electron chi connectivity index (χ3n) is 3.89. The van der Waals surface area contributed by atoms with Crippen LogP contribution in [0.25, 0.3) is 0 Å². The Hall–Kier alpha value is -1.84. The van der Waals surface area contributed by atoms with E-state index < -0.39 is 0 Å². The Morgan fingerprint density at radius 3 is 3.04 bits per heavy atom. The summed E-state index contributed by atoms with van der Waals surface area (Å²) in [6.07, 6.45) is 4.16. The van der Waals surface area contributed by atoms with Crippen molar-refractivity contribution in [3.8, 4) is 0 Å². The van der Waals surface area contributed by atoms with Gasteiger partial charge in [0.05, 0.1) is 6.26 Å². The van der Waals surface area contributed by atoms with Crippen molar-refractivity contribution < 1.29 is 8.81 Å². The van der Waals surface area contributed by atoms with Gasteiger partial charge in [0, 0.05) is 31.9 Å². The molecule has 6 nitrogen and oxygen atoms in total. The standard InChI is InChI=1S/C17H22FN5O.HI/c1-2-19-17(21-11-14-5-4-10-24-14)22-13-7-9-23(12-13)16-15(18)6-3-8-20-16;/h3-6,8,10,13H,2,7,9,11-12H2,1H3,(H2,19,21,22);1H. The molecule has 136 valence electrons. The molecule has 3 rings (SSSR count). The second-order valence-corrected chi connectivity index (χ2v) is 5.66. The predicted octanol–water partition coefficient (Wildman–Crippen LogP) is 2.77. The van der Waals surface area contributed by atoms with Gasteiger partial charge >= 0.3 is 0 Å². The molecule has 2 aromatic rings. The van der Waals surface area contributed by atoms with Crippen LogP contribution in [0.15, 0.2) is 46.1 Å². The molecule has 1 fully saturated rings. The van der Waals surface area contributed by atoms with E-state index in [-0.39, 0.29) is 35.8 Å². The molecular formula is C17H23FIN5O. The number of hydrogen-bond acceptors (Lipinski definition) is 4. The molecule has 2 N–H and O–H groups in total. The molecular weight excluding hydrogens is 436 g/mol. The lowest BCUT2D eigenvalue weighted by Crippen LogP contribution is -2.44. The molecule has 3 heterocycles. The minimum Gasteiger partial charge on any atom is -0.467 e. The van der Waals surface area contributed by atoms with Crippen LogP contribution < -0.4 is 15.5 Å². The summed E-state index contributed by atoms with van der Waals surface area (Å²) >= 11 is 0. The Balaban J connectivity index is 0.00000225. The lowest BCUT2D eigenvalue weighted by atomic mass is 10.3. The van der Waals surface area contributed by atoms with E-state index in [0.717, 1.165) is 31.2 Å². The van der Waals surface area contributed by atoms with Crippen molar-refractivity contribution in [1.82, 2.24) is 15.6 Å². The van der Waals surface area contributed by atoms with Gasteiger partial charge in [0.1, 0.15) is 12.3 Å². The summed E-state index contributed by atoms with van der Waals surface area (Å²) in [7, 11) is 0. The van der Waals surface area contributed by atoms with E-state index in [1.54, 1.807) is 18.5 Å². The quantitative estimate of drug-likeness (QED) is 0.409. The smallest absolute Gasteiger partial charge is 0.191 e. The topological polar surface area (TPSA) is 65.7 Å². The molecule has 0 saturated carbocycles. The molecule has 1 atom stereocenters. The van der Waals surface area contributed by atoms with Crippen LogP contribution in [0.2, 0.25) is 0 Å². The molecule has 0 aliphatic carbocycles. The van der Waals surface area contributed by atoms with Crippen LogP contribution in [-0.2, 0) is 6.54 Å². The van der Waals surface area contributed by atoms with Gasteiger partial charge in [-0.05, 0) is 37.6 Å². The summed E-state index contributed by atoms with van der Waals surface area (Å²) in [6.45, 7) is 4.74. The molecule has 1 unspecified atom stereocenters. The van der Waals surface area contributed by atoms with Crippen LogP contribution in [0.3, 0.4) is 0 Å². The Morgan fingerprint density at radius 2 is 2.32 bits per heavy atom. The van der Waals surface area contributed by atoms with Gasteiger partial charge < -0.3 is 20.0 Å². The Labute approximate surface area is 163 Å². The molecule has 25 heavy (non-hydrogen) atoms. The van der Waals surface area contributed by atoms with Crippen molar-refractivity contribution >= 4 is 35.8 Å². The Morgan fingerprint density at radius 1 is 1.44 bits per heavy atom. The number of nitrogens with one attached hydrogen (secondary N) is 2. The molecule has 0 radical (unpaired) electrons. The van der Waals surface area contributed by atoms with Gasteiger partial charge in [-0.15, -0.1) is 24.0 Å². The van der Waals surface area contributed by atoms with E-state index in [9.17, 15) is 4.39 Å². The fourth-order valence-electron chi connectivity index (χ4n) is 2.75. The molecule has 1 saturated heterocycles. The second-order valence-electron chi connectivity index (χ2n) is 5.66. The SMILES string of the molecule is CCNC(=NCc1ccco1)NC1CCN(c2ncccc2F)C1.I. The van der Waals surface area contributed by atoms with Gasteiger partial charge in [-0.3, -0.25) is 0 Å². The molecule has 0 spiro atoms. The summed E-state index contributed by atoms with van der Waals surface area (Å²) in [5.74, 6) is 1.69. The van der Waals surface area contributed by atoms with Gasteiger partial charge in [-0.25, -0.2) is 14.4 Å². The van der Waals surface area contributed by atoms with E-state index in [2.05, 4.69) is 20.6 Å². The van der Waals surface area contributed by atoms with E-state index in [0.29, 0.717) is 18.9 Å². The number of furan rings is 1. The summed E-state index contributed by atoms with van der Waals surface area (Å²) in [5.41, 5.74) is 0. The van der Waals surface area contributed by atoms with Crippen LogP contribution in [-0.4, -0.2) is 36.6 Å². The fraction of sp³-hybridized carbons (Fsp3) is 0.412. The number of anilines is 1. The van der Waals surface area contributed by atoms with Crippen LogP contribution in [0, 0.1) is 5.82 Å². The fourth-order valence-corrected chi connectivity index (χ4v) is 2.75. The first-order valence-electron chi connectivity index (χ1n) is 8.19. The summed E-state index contributed by atoms with van der Waals surface area (Å²) < 4.78 is 19.2. The number of guanidine groups is 1. The number of aromatic nitrogens is 1. The van der Waals surface area contributed by atoms with E-state index in [1.807, 2.05) is 24.0 Å². The average molecular weight is 459 g/mol. The molecule has 1 aliphatic rings. The maximum atomic E-state index is 13.9. The maximum absolute atomic E-state index is 13.9. The number of hydrogen-bond donors (Lipinski definition) is 2. The van der Waals surface area contributed by atoms with Crippen LogP contribution in [0.4, 0.5) is 10.2 Å². The molecule has 8 heteroatoms. The lowest BCUT2D eigenvalue weighted by molar-refractivity contribution is 0.511. The predicted molar refractivity (Wildman–Crippen MR) is 107 cm³/mol. The minimum atomic E-state index is -0.281. The minimum absolute atomic E-state index is 0. The van der Waals surface area contributed by atoms with Crippen LogP contribution in [0.5, 0.6) is 0 Å². The first-order valence-corrected chi connectivity index (χ1v) is 8.19. The Kier molecular flexibility index (Phi) is 7.48. The highest BCUT2D eigenvalue weighted by atomic mass is 127. The molecule has 2 aromatic heterocycles. The zero-order chi connectivity index (χ0) is 16.8. The first kappa shape index (κ1) is 19.5. The van der Waals surface area contributed by atoms with Crippen molar-refractivity contribution in [1.29, 1.82) is 0 Å². The normalized spacial score (nSPS) is 17.3. The Bertz CT molecular complexity index is 679. The zero-order valence-electron chi connectivity index (χ0n) is 14.1. The van der Waals surface area contributed by atoms with Crippen molar-refractivity contribution in [2.75, 3.05) is 24.5 Å². The summed E-state index contributed by atoms with van der Waals surface area (Å²) in [6, 6.07) is 6.99. The average Bonchev–Trinajstić information content (AvgIpc) is 3.25. The largest absolute Gasteiger partial charge is 0.467 e.